The van der Waals surface area contributed by atoms with Crippen LogP contribution in [0.1, 0.15) is 24.6 Å². The molecule has 0 fully saturated rings. The molecule has 0 saturated heterocycles. The Morgan fingerprint density at radius 1 is 1.26 bits per heavy atom. The maximum Gasteiger partial charge on any atom is 0.272 e. The van der Waals surface area contributed by atoms with Crippen molar-refractivity contribution in [3.8, 4) is 0 Å². The highest BCUT2D eigenvalue weighted by Gasteiger charge is 2.42. The zero-order valence-corrected chi connectivity index (χ0v) is 12.8. The van der Waals surface area contributed by atoms with E-state index in [1.807, 2.05) is 19.1 Å². The minimum Gasteiger partial charge on any atom is -0.379 e. The van der Waals surface area contributed by atoms with Crippen LogP contribution in [0.3, 0.4) is 0 Å². The Bertz CT molecular complexity index is 774. The lowest BCUT2D eigenvalue weighted by atomic mass is 9.95. The molecule has 2 heterocycles. The molecule has 1 aliphatic rings. The van der Waals surface area contributed by atoms with Crippen LogP contribution in [0.4, 0.5) is 10.2 Å². The summed E-state index contributed by atoms with van der Waals surface area (Å²) in [4.78, 5) is 22.1. The van der Waals surface area contributed by atoms with Crippen molar-refractivity contribution in [3.63, 3.8) is 0 Å². The number of hydrogen-bond acceptors (Lipinski definition) is 4. The number of anilines is 1. The molecule has 1 atom stereocenters. The fourth-order valence-electron chi connectivity index (χ4n) is 2.32. The molecule has 5 nitrogen and oxygen atoms in total. The predicted molar refractivity (Wildman–Crippen MR) is 84.6 cm³/mol. The van der Waals surface area contributed by atoms with Gasteiger partial charge in [-0.1, -0.05) is 23.4 Å². The van der Waals surface area contributed by atoms with Gasteiger partial charge in [-0.3, -0.25) is 4.79 Å². The number of carbonyl (C=O) groups is 1. The normalized spacial score (nSPS) is 19.9. The van der Waals surface area contributed by atoms with Crippen LogP contribution >= 0.6 is 0 Å². The number of rotatable bonds is 3. The summed E-state index contributed by atoms with van der Waals surface area (Å²) in [6.45, 7) is 3.51. The minimum atomic E-state index is -1.12. The third kappa shape index (κ3) is 3.21. The summed E-state index contributed by atoms with van der Waals surface area (Å²) in [7, 11) is 0. The lowest BCUT2D eigenvalue weighted by Gasteiger charge is -2.20. The molecule has 6 heteroatoms. The van der Waals surface area contributed by atoms with E-state index in [9.17, 15) is 9.18 Å². The monoisotopic (exact) mass is 313 g/mol. The number of amides is 1. The lowest BCUT2D eigenvalue weighted by molar-refractivity contribution is -0.135. The van der Waals surface area contributed by atoms with E-state index in [1.165, 1.54) is 12.1 Å². The molecule has 1 aromatic carbocycles. The van der Waals surface area contributed by atoms with E-state index in [-0.39, 0.29) is 11.7 Å². The number of nitrogens with zero attached hydrogens (tertiary/aromatic N) is 2. The van der Waals surface area contributed by atoms with Crippen LogP contribution in [0.15, 0.2) is 47.6 Å². The van der Waals surface area contributed by atoms with Crippen molar-refractivity contribution in [2.24, 2.45) is 5.16 Å². The standard InChI is InChI=1S/C17H16FN3O2/c1-11-4-3-5-15(19-11)20-16(22)17(2)10-14(21-23-17)12-6-8-13(18)9-7-12/h3-9H,10H2,1-2H3,(H,19,20,22)/t17-/m1/s1. The van der Waals surface area contributed by atoms with Gasteiger partial charge in [-0.2, -0.15) is 0 Å². The molecule has 3 rings (SSSR count). The van der Waals surface area contributed by atoms with Crippen LogP contribution in [0.5, 0.6) is 0 Å². The number of aromatic nitrogens is 1. The van der Waals surface area contributed by atoms with E-state index >= 15 is 0 Å². The summed E-state index contributed by atoms with van der Waals surface area (Å²) in [5.41, 5.74) is 1.04. The first-order valence-electron chi connectivity index (χ1n) is 7.22. The molecule has 1 N–H and O–H groups in total. The molecular weight excluding hydrogens is 297 g/mol. The molecule has 1 amide bonds. The van der Waals surface area contributed by atoms with Gasteiger partial charge in [0.05, 0.1) is 5.71 Å². The quantitative estimate of drug-likeness (QED) is 0.947. The van der Waals surface area contributed by atoms with Gasteiger partial charge in [0.25, 0.3) is 5.91 Å². The SMILES string of the molecule is Cc1cccc(NC(=O)[C@@]2(C)CC(c3ccc(F)cc3)=NO2)n1. The molecule has 1 aromatic heterocycles. The van der Waals surface area contributed by atoms with Gasteiger partial charge in [0, 0.05) is 12.1 Å². The summed E-state index contributed by atoms with van der Waals surface area (Å²) < 4.78 is 13.0. The summed E-state index contributed by atoms with van der Waals surface area (Å²) in [5, 5.41) is 6.72. The first-order chi connectivity index (χ1) is 11.0. The van der Waals surface area contributed by atoms with Gasteiger partial charge in [-0.05, 0) is 43.7 Å². The number of carbonyl (C=O) groups excluding carboxylic acids is 1. The van der Waals surface area contributed by atoms with Gasteiger partial charge in [0.2, 0.25) is 5.60 Å². The number of oxime groups is 1. The molecule has 0 spiro atoms. The Hall–Kier alpha value is -2.76. The zero-order valence-electron chi connectivity index (χ0n) is 12.8. The number of pyridine rings is 1. The van der Waals surface area contributed by atoms with Crippen LogP contribution in [0.2, 0.25) is 0 Å². The van der Waals surface area contributed by atoms with E-state index in [1.54, 1.807) is 25.1 Å². The Morgan fingerprint density at radius 2 is 2.00 bits per heavy atom. The summed E-state index contributed by atoms with van der Waals surface area (Å²) in [6.07, 6.45) is 0.302. The molecule has 1 aliphatic heterocycles. The van der Waals surface area contributed by atoms with Crippen molar-refractivity contribution < 1.29 is 14.0 Å². The number of benzene rings is 1. The highest BCUT2D eigenvalue weighted by Crippen LogP contribution is 2.28. The Kier molecular flexibility index (Phi) is 3.82. The molecule has 0 bridgehead atoms. The second-order valence-electron chi connectivity index (χ2n) is 5.66. The van der Waals surface area contributed by atoms with Gasteiger partial charge in [-0.15, -0.1) is 0 Å². The van der Waals surface area contributed by atoms with E-state index < -0.39 is 5.60 Å². The van der Waals surface area contributed by atoms with Crippen LogP contribution in [-0.2, 0) is 9.63 Å². The maximum absolute atomic E-state index is 13.0. The maximum atomic E-state index is 13.0. The predicted octanol–water partition coefficient (Wildman–Crippen LogP) is 3.05. The zero-order chi connectivity index (χ0) is 16.4. The lowest BCUT2D eigenvalue weighted by Crippen LogP contribution is -2.40. The van der Waals surface area contributed by atoms with Crippen molar-refractivity contribution in [3.05, 3.63) is 59.5 Å². The average molecular weight is 313 g/mol. The Labute approximate surface area is 133 Å². The smallest absolute Gasteiger partial charge is 0.272 e. The number of hydrogen-bond donors (Lipinski definition) is 1. The molecule has 0 saturated carbocycles. The second-order valence-corrected chi connectivity index (χ2v) is 5.66. The average Bonchev–Trinajstić information content (AvgIpc) is 2.92. The van der Waals surface area contributed by atoms with Gasteiger partial charge in [0.1, 0.15) is 11.6 Å². The third-order valence-corrected chi connectivity index (χ3v) is 3.65. The molecule has 0 unspecified atom stereocenters. The van der Waals surface area contributed by atoms with E-state index in [0.29, 0.717) is 18.0 Å². The summed E-state index contributed by atoms with van der Waals surface area (Å²) in [5.74, 6) is -0.175. The van der Waals surface area contributed by atoms with Crippen LogP contribution in [0, 0.1) is 12.7 Å². The van der Waals surface area contributed by atoms with Crippen molar-refractivity contribution in [2.45, 2.75) is 25.9 Å². The number of aryl methyl sites for hydroxylation is 1. The van der Waals surface area contributed by atoms with E-state index in [0.717, 1.165) is 11.3 Å². The summed E-state index contributed by atoms with van der Waals surface area (Å²) in [6, 6.07) is 11.3. The van der Waals surface area contributed by atoms with Crippen molar-refractivity contribution in [1.29, 1.82) is 0 Å². The van der Waals surface area contributed by atoms with Gasteiger partial charge < -0.3 is 10.2 Å². The van der Waals surface area contributed by atoms with Crippen molar-refractivity contribution >= 4 is 17.4 Å². The molecule has 0 radical (unpaired) electrons. The molecule has 2 aromatic rings. The van der Waals surface area contributed by atoms with Crippen molar-refractivity contribution in [2.75, 3.05) is 5.32 Å². The molecular formula is C17H16FN3O2. The second kappa shape index (κ2) is 5.79. The van der Waals surface area contributed by atoms with Crippen LogP contribution < -0.4 is 5.32 Å². The third-order valence-electron chi connectivity index (χ3n) is 3.65. The topological polar surface area (TPSA) is 63.6 Å². The van der Waals surface area contributed by atoms with Gasteiger partial charge in [0.15, 0.2) is 0 Å². The van der Waals surface area contributed by atoms with Crippen molar-refractivity contribution in [1.82, 2.24) is 4.98 Å². The van der Waals surface area contributed by atoms with Crippen LogP contribution in [-0.4, -0.2) is 22.2 Å². The first kappa shape index (κ1) is 15.1. The highest BCUT2D eigenvalue weighted by atomic mass is 19.1. The fraction of sp³-hybridized carbons (Fsp3) is 0.235. The highest BCUT2D eigenvalue weighted by molar-refractivity contribution is 6.07. The summed E-state index contributed by atoms with van der Waals surface area (Å²) >= 11 is 0. The van der Waals surface area contributed by atoms with Gasteiger partial charge in [-0.25, -0.2) is 9.37 Å². The number of halogens is 1. The molecule has 0 aliphatic carbocycles. The Morgan fingerprint density at radius 3 is 2.70 bits per heavy atom. The minimum absolute atomic E-state index is 0.302. The fourth-order valence-corrected chi connectivity index (χ4v) is 2.32. The first-order valence-corrected chi connectivity index (χ1v) is 7.22. The molecule has 23 heavy (non-hydrogen) atoms. The largest absolute Gasteiger partial charge is 0.379 e. The van der Waals surface area contributed by atoms with E-state index in [4.69, 9.17) is 4.84 Å². The van der Waals surface area contributed by atoms with E-state index in [2.05, 4.69) is 15.5 Å². The molecule has 118 valence electrons. The Balaban J connectivity index is 1.71. The van der Waals surface area contributed by atoms with Gasteiger partial charge >= 0.3 is 0 Å². The number of nitrogens with one attached hydrogen (secondary N) is 1. The van der Waals surface area contributed by atoms with Crippen LogP contribution in [0.25, 0.3) is 0 Å².